The molecule has 0 unspecified atom stereocenters. The highest BCUT2D eigenvalue weighted by molar-refractivity contribution is 7.89. The van der Waals surface area contributed by atoms with Gasteiger partial charge >= 0.3 is 0 Å². The van der Waals surface area contributed by atoms with E-state index < -0.39 is 10.0 Å². The second-order valence-corrected chi connectivity index (χ2v) is 10.3. The molecule has 0 aliphatic carbocycles. The average molecular weight is 443 g/mol. The van der Waals surface area contributed by atoms with E-state index in [-0.39, 0.29) is 10.8 Å². The summed E-state index contributed by atoms with van der Waals surface area (Å²) in [5, 5.41) is 0. The van der Waals surface area contributed by atoms with E-state index in [0.717, 1.165) is 56.4 Å². The highest BCUT2D eigenvalue weighted by Gasteiger charge is 2.29. The van der Waals surface area contributed by atoms with Crippen molar-refractivity contribution in [1.29, 1.82) is 0 Å². The third kappa shape index (κ3) is 4.75. The van der Waals surface area contributed by atoms with Gasteiger partial charge in [0.05, 0.1) is 10.5 Å². The molecule has 7 nitrogen and oxygen atoms in total. The molecule has 0 spiro atoms. The Balaban J connectivity index is 1.67. The van der Waals surface area contributed by atoms with Crippen LogP contribution in [0.3, 0.4) is 0 Å². The Hall–Kier alpha value is -2.45. The van der Waals surface area contributed by atoms with Crippen molar-refractivity contribution in [3.05, 3.63) is 53.9 Å². The van der Waals surface area contributed by atoms with Gasteiger partial charge in [0.25, 0.3) is 5.91 Å². The smallest absolute Gasteiger partial charge is 0.256 e. The molecule has 2 fully saturated rings. The molecule has 0 bridgehead atoms. The number of piperidine rings is 1. The normalized spacial score (nSPS) is 17.6. The summed E-state index contributed by atoms with van der Waals surface area (Å²) in [5.74, 6) is -0.172. The van der Waals surface area contributed by atoms with Gasteiger partial charge in [-0.05, 0) is 61.6 Å². The Labute approximate surface area is 184 Å². The van der Waals surface area contributed by atoms with Crippen LogP contribution in [0.15, 0.2) is 47.6 Å². The summed E-state index contributed by atoms with van der Waals surface area (Å²) in [5.41, 5.74) is 2.25. The van der Waals surface area contributed by atoms with Crippen molar-refractivity contribution in [2.45, 2.75) is 43.5 Å². The molecule has 0 saturated carbocycles. The number of benzene rings is 1. The predicted octanol–water partition coefficient (Wildman–Crippen LogP) is 3.13. The van der Waals surface area contributed by atoms with Crippen LogP contribution in [0, 0.1) is 0 Å². The Morgan fingerprint density at radius 3 is 2.29 bits per heavy atom. The number of nitrogens with zero attached hydrogens (tertiary/aromatic N) is 4. The first-order valence-electron chi connectivity index (χ1n) is 11.0. The minimum Gasteiger partial charge on any atom is -0.371 e. The zero-order valence-electron chi connectivity index (χ0n) is 18.0. The molecule has 3 heterocycles. The summed E-state index contributed by atoms with van der Waals surface area (Å²) in [4.78, 5) is 21.5. The van der Waals surface area contributed by atoms with Gasteiger partial charge in [0.2, 0.25) is 10.0 Å². The van der Waals surface area contributed by atoms with E-state index in [9.17, 15) is 13.2 Å². The van der Waals surface area contributed by atoms with E-state index in [1.165, 1.54) is 0 Å². The molecule has 0 N–H and O–H groups in total. The summed E-state index contributed by atoms with van der Waals surface area (Å²) in [6, 6.07) is 8.82. The first-order chi connectivity index (χ1) is 15.0. The quantitative estimate of drug-likeness (QED) is 0.687. The number of hydrogen-bond donors (Lipinski definition) is 0. The molecule has 4 rings (SSSR count). The first kappa shape index (κ1) is 21.8. The minimum atomic E-state index is -3.61. The Kier molecular flexibility index (Phi) is 6.57. The second-order valence-electron chi connectivity index (χ2n) is 8.35. The number of anilines is 1. The van der Waals surface area contributed by atoms with E-state index in [1.807, 2.05) is 18.2 Å². The van der Waals surface area contributed by atoms with Crippen molar-refractivity contribution in [2.24, 2.45) is 0 Å². The maximum absolute atomic E-state index is 13.5. The van der Waals surface area contributed by atoms with Crippen LogP contribution in [0.25, 0.3) is 0 Å². The van der Waals surface area contributed by atoms with Gasteiger partial charge in [-0.3, -0.25) is 9.78 Å². The summed E-state index contributed by atoms with van der Waals surface area (Å²) in [7, 11) is -1.85. The van der Waals surface area contributed by atoms with Crippen molar-refractivity contribution >= 4 is 21.6 Å². The number of hydrogen-bond acceptors (Lipinski definition) is 5. The average Bonchev–Trinajstić information content (AvgIpc) is 3.34. The third-order valence-corrected chi connectivity index (χ3v) is 8.01. The van der Waals surface area contributed by atoms with Crippen molar-refractivity contribution in [1.82, 2.24) is 14.2 Å². The van der Waals surface area contributed by atoms with Crippen molar-refractivity contribution < 1.29 is 13.2 Å². The second kappa shape index (κ2) is 9.36. The highest BCUT2D eigenvalue weighted by atomic mass is 32.2. The SMILES string of the molecule is CN(Cc1ccncc1)C(=O)c1cc(S(=O)(=O)N2CCCCC2)ccc1N1CCCC1. The standard InChI is InChI=1S/C23H30N4O3S/c1-25(18-19-9-11-24-12-10-19)23(28)21-17-20(7-8-22(21)26-13-5-6-14-26)31(29,30)27-15-3-2-4-16-27/h7-12,17H,2-6,13-16,18H2,1H3. The topological polar surface area (TPSA) is 73.8 Å². The summed E-state index contributed by atoms with van der Waals surface area (Å²) >= 11 is 0. The van der Waals surface area contributed by atoms with Crippen LogP contribution in [0.2, 0.25) is 0 Å². The van der Waals surface area contributed by atoms with Crippen molar-refractivity contribution in [2.75, 3.05) is 38.1 Å². The molecule has 2 saturated heterocycles. The lowest BCUT2D eigenvalue weighted by atomic mass is 10.1. The Morgan fingerprint density at radius 1 is 0.968 bits per heavy atom. The Bertz CT molecular complexity index is 1010. The first-order valence-corrected chi connectivity index (χ1v) is 12.4. The molecular formula is C23H30N4O3S. The monoisotopic (exact) mass is 442 g/mol. The zero-order valence-corrected chi connectivity index (χ0v) is 18.9. The van der Waals surface area contributed by atoms with E-state index in [2.05, 4.69) is 9.88 Å². The van der Waals surface area contributed by atoms with E-state index in [1.54, 1.807) is 40.8 Å². The molecule has 166 valence electrons. The Morgan fingerprint density at radius 2 is 1.61 bits per heavy atom. The summed E-state index contributed by atoms with van der Waals surface area (Å²) < 4.78 is 28.0. The van der Waals surface area contributed by atoms with Gasteiger partial charge < -0.3 is 9.80 Å². The molecule has 2 aliphatic rings. The molecule has 31 heavy (non-hydrogen) atoms. The lowest BCUT2D eigenvalue weighted by Crippen LogP contribution is -2.36. The number of carbonyl (C=O) groups is 1. The van der Waals surface area contributed by atoms with Gasteiger partial charge in [0, 0.05) is 57.9 Å². The summed E-state index contributed by atoms with van der Waals surface area (Å²) in [6.07, 6.45) is 8.38. The van der Waals surface area contributed by atoms with Gasteiger partial charge in [-0.1, -0.05) is 6.42 Å². The van der Waals surface area contributed by atoms with Crippen LogP contribution in [0.5, 0.6) is 0 Å². The molecular weight excluding hydrogens is 412 g/mol. The van der Waals surface area contributed by atoms with Gasteiger partial charge in [-0.2, -0.15) is 4.31 Å². The van der Waals surface area contributed by atoms with E-state index in [4.69, 9.17) is 0 Å². The van der Waals surface area contributed by atoms with Crippen LogP contribution in [0.4, 0.5) is 5.69 Å². The fourth-order valence-electron chi connectivity index (χ4n) is 4.37. The molecule has 1 aromatic carbocycles. The van der Waals surface area contributed by atoms with Crippen molar-refractivity contribution in [3.63, 3.8) is 0 Å². The van der Waals surface area contributed by atoms with Crippen LogP contribution < -0.4 is 4.90 Å². The summed E-state index contributed by atoms with van der Waals surface area (Å²) in [6.45, 7) is 3.28. The minimum absolute atomic E-state index is 0.172. The lowest BCUT2D eigenvalue weighted by molar-refractivity contribution is 0.0785. The van der Waals surface area contributed by atoms with Gasteiger partial charge in [0.15, 0.2) is 0 Å². The number of pyridine rings is 1. The molecule has 2 aliphatic heterocycles. The van der Waals surface area contributed by atoms with Gasteiger partial charge in [-0.15, -0.1) is 0 Å². The third-order valence-electron chi connectivity index (χ3n) is 6.11. The van der Waals surface area contributed by atoms with Crippen LogP contribution in [-0.2, 0) is 16.6 Å². The van der Waals surface area contributed by atoms with E-state index >= 15 is 0 Å². The fraction of sp³-hybridized carbons (Fsp3) is 0.478. The van der Waals surface area contributed by atoms with Crippen molar-refractivity contribution in [3.8, 4) is 0 Å². The predicted molar refractivity (Wildman–Crippen MR) is 121 cm³/mol. The number of carbonyl (C=O) groups excluding carboxylic acids is 1. The number of amides is 1. The number of sulfonamides is 1. The van der Waals surface area contributed by atoms with Gasteiger partial charge in [-0.25, -0.2) is 8.42 Å². The van der Waals surface area contributed by atoms with E-state index in [0.29, 0.717) is 25.2 Å². The molecule has 0 atom stereocenters. The van der Waals surface area contributed by atoms with Crippen LogP contribution >= 0.6 is 0 Å². The van der Waals surface area contributed by atoms with Crippen LogP contribution in [-0.4, -0.2) is 61.7 Å². The molecule has 1 aromatic heterocycles. The highest BCUT2D eigenvalue weighted by Crippen LogP contribution is 2.30. The molecule has 8 heteroatoms. The zero-order chi connectivity index (χ0) is 21.8. The maximum Gasteiger partial charge on any atom is 0.256 e. The lowest BCUT2D eigenvalue weighted by Gasteiger charge is -2.28. The maximum atomic E-state index is 13.5. The molecule has 0 radical (unpaired) electrons. The van der Waals surface area contributed by atoms with Gasteiger partial charge in [0.1, 0.15) is 0 Å². The molecule has 2 aromatic rings. The largest absolute Gasteiger partial charge is 0.371 e. The fourth-order valence-corrected chi connectivity index (χ4v) is 5.92. The number of rotatable bonds is 6. The molecule has 1 amide bonds. The number of aromatic nitrogens is 1. The van der Waals surface area contributed by atoms with Crippen LogP contribution in [0.1, 0.15) is 48.0 Å².